The molecule has 0 radical (unpaired) electrons. The van der Waals surface area contributed by atoms with Crippen LogP contribution >= 0.6 is 11.3 Å². The summed E-state index contributed by atoms with van der Waals surface area (Å²) in [6.45, 7) is -0.0902. The van der Waals surface area contributed by atoms with Crippen LogP contribution in [-0.2, 0) is 9.84 Å². The van der Waals surface area contributed by atoms with Crippen molar-refractivity contribution in [3.63, 3.8) is 0 Å². The highest BCUT2D eigenvalue weighted by atomic mass is 32.2. The van der Waals surface area contributed by atoms with Crippen molar-refractivity contribution in [2.45, 2.75) is 4.90 Å². The normalized spacial score (nSPS) is 11.2. The number of hydrogen-bond donors (Lipinski definition) is 1. The summed E-state index contributed by atoms with van der Waals surface area (Å²) in [5.41, 5.74) is 0. The molecular formula is C13H13NO4S2. The van der Waals surface area contributed by atoms with E-state index < -0.39 is 15.9 Å². The Labute approximate surface area is 121 Å². The summed E-state index contributed by atoms with van der Waals surface area (Å²) in [4.78, 5) is 12.4. The number of carboxylic acid groups (broad SMARTS) is 1. The van der Waals surface area contributed by atoms with Gasteiger partial charge in [-0.2, -0.15) is 0 Å². The molecule has 0 spiro atoms. The standard InChI is InChI=1S/C13H13NO4S2/c15-13(16)14(12-7-4-9-19-12)8-10-20(17,18)11-5-2-1-3-6-11/h1-7,9H,8,10H2,(H,15,16). The lowest BCUT2D eigenvalue weighted by Crippen LogP contribution is -2.33. The van der Waals surface area contributed by atoms with Crippen LogP contribution in [0.3, 0.4) is 0 Å². The minimum atomic E-state index is -3.48. The first-order valence-corrected chi connectivity index (χ1v) is 8.36. The van der Waals surface area contributed by atoms with Gasteiger partial charge in [0.05, 0.1) is 10.6 Å². The van der Waals surface area contributed by atoms with Gasteiger partial charge < -0.3 is 5.11 Å². The molecule has 0 saturated carbocycles. The van der Waals surface area contributed by atoms with E-state index in [0.717, 1.165) is 4.90 Å². The molecule has 1 heterocycles. The monoisotopic (exact) mass is 311 g/mol. The largest absolute Gasteiger partial charge is 0.465 e. The average Bonchev–Trinajstić information content (AvgIpc) is 2.93. The van der Waals surface area contributed by atoms with Crippen molar-refractivity contribution in [1.29, 1.82) is 0 Å². The molecule has 5 nitrogen and oxygen atoms in total. The topological polar surface area (TPSA) is 74.7 Å². The Hall–Kier alpha value is -1.86. The third-order valence-electron chi connectivity index (χ3n) is 2.69. The van der Waals surface area contributed by atoms with Crippen LogP contribution in [0.1, 0.15) is 0 Å². The van der Waals surface area contributed by atoms with Gasteiger partial charge in [0.25, 0.3) is 0 Å². The summed E-state index contributed by atoms with van der Waals surface area (Å²) in [5.74, 6) is -0.249. The van der Waals surface area contributed by atoms with E-state index in [1.807, 2.05) is 0 Å². The lowest BCUT2D eigenvalue weighted by Gasteiger charge is -2.17. The first-order chi connectivity index (χ1) is 9.50. The summed E-state index contributed by atoms with van der Waals surface area (Å²) in [6, 6.07) is 11.4. The van der Waals surface area contributed by atoms with E-state index in [1.165, 1.54) is 23.5 Å². The molecule has 7 heteroatoms. The summed E-state index contributed by atoms with van der Waals surface area (Å²) >= 11 is 1.26. The zero-order valence-corrected chi connectivity index (χ0v) is 12.1. The van der Waals surface area contributed by atoms with Crippen LogP contribution in [0.2, 0.25) is 0 Å². The third-order valence-corrected chi connectivity index (χ3v) is 5.29. The number of rotatable bonds is 5. The summed E-state index contributed by atoms with van der Waals surface area (Å²) in [6.07, 6.45) is -1.16. The second-order valence-corrected chi connectivity index (χ2v) is 7.05. The maximum absolute atomic E-state index is 12.1. The Kier molecular flexibility index (Phi) is 4.41. The molecule has 0 bridgehead atoms. The predicted octanol–water partition coefficient (Wildman–Crippen LogP) is 2.71. The quantitative estimate of drug-likeness (QED) is 0.921. The number of carbonyl (C=O) groups is 1. The SMILES string of the molecule is O=C(O)N(CCS(=O)(=O)c1ccccc1)c1cccs1. The Bertz CT molecular complexity index is 666. The molecule has 20 heavy (non-hydrogen) atoms. The molecule has 0 unspecified atom stereocenters. The van der Waals surface area contributed by atoms with Crippen molar-refractivity contribution < 1.29 is 18.3 Å². The van der Waals surface area contributed by atoms with Gasteiger partial charge in [-0.1, -0.05) is 18.2 Å². The van der Waals surface area contributed by atoms with Crippen molar-refractivity contribution in [3.8, 4) is 0 Å². The number of nitrogens with zero attached hydrogens (tertiary/aromatic N) is 1. The molecule has 1 amide bonds. The van der Waals surface area contributed by atoms with Gasteiger partial charge in [0.2, 0.25) is 0 Å². The van der Waals surface area contributed by atoms with Crippen molar-refractivity contribution in [2.24, 2.45) is 0 Å². The van der Waals surface area contributed by atoms with Crippen LogP contribution in [0.4, 0.5) is 9.80 Å². The molecule has 0 fully saturated rings. The molecule has 0 aliphatic carbocycles. The highest BCUT2D eigenvalue weighted by molar-refractivity contribution is 7.91. The number of amides is 1. The predicted molar refractivity (Wildman–Crippen MR) is 78.2 cm³/mol. The molecule has 2 aromatic rings. The van der Waals surface area contributed by atoms with E-state index >= 15 is 0 Å². The van der Waals surface area contributed by atoms with Gasteiger partial charge >= 0.3 is 6.09 Å². The molecule has 1 N–H and O–H groups in total. The maximum atomic E-state index is 12.1. The second kappa shape index (κ2) is 6.06. The van der Waals surface area contributed by atoms with E-state index in [9.17, 15) is 13.2 Å². The van der Waals surface area contributed by atoms with E-state index in [2.05, 4.69) is 0 Å². The van der Waals surface area contributed by atoms with Gasteiger partial charge in [-0.3, -0.25) is 4.90 Å². The minimum Gasteiger partial charge on any atom is -0.465 e. The van der Waals surface area contributed by atoms with E-state index in [4.69, 9.17) is 5.11 Å². The van der Waals surface area contributed by atoms with Crippen LogP contribution in [0.25, 0.3) is 0 Å². The highest BCUT2D eigenvalue weighted by Crippen LogP contribution is 2.22. The molecule has 1 aromatic carbocycles. The van der Waals surface area contributed by atoms with Crippen LogP contribution < -0.4 is 4.90 Å². The Morgan fingerprint density at radius 3 is 2.40 bits per heavy atom. The van der Waals surface area contributed by atoms with Crippen molar-refractivity contribution in [2.75, 3.05) is 17.2 Å². The van der Waals surface area contributed by atoms with E-state index in [-0.39, 0.29) is 17.2 Å². The van der Waals surface area contributed by atoms with Gasteiger partial charge in [-0.05, 0) is 29.6 Å². The van der Waals surface area contributed by atoms with Crippen molar-refractivity contribution in [3.05, 3.63) is 47.8 Å². The molecule has 2 rings (SSSR count). The minimum absolute atomic E-state index is 0.0902. The lowest BCUT2D eigenvalue weighted by atomic mass is 10.4. The first-order valence-electron chi connectivity index (χ1n) is 5.82. The third kappa shape index (κ3) is 3.37. The summed E-state index contributed by atoms with van der Waals surface area (Å²) in [7, 11) is -3.48. The fraction of sp³-hybridized carbons (Fsp3) is 0.154. The Balaban J connectivity index is 2.12. The number of thiophene rings is 1. The molecule has 0 saturated heterocycles. The summed E-state index contributed by atoms with van der Waals surface area (Å²) in [5, 5.41) is 11.4. The highest BCUT2D eigenvalue weighted by Gasteiger charge is 2.20. The van der Waals surface area contributed by atoms with Crippen LogP contribution in [0.5, 0.6) is 0 Å². The zero-order chi connectivity index (χ0) is 14.6. The van der Waals surface area contributed by atoms with Crippen molar-refractivity contribution >= 4 is 32.3 Å². The zero-order valence-electron chi connectivity index (χ0n) is 10.5. The molecule has 0 aliphatic rings. The Morgan fingerprint density at radius 1 is 1.15 bits per heavy atom. The molecule has 0 atom stereocenters. The summed E-state index contributed by atoms with van der Waals surface area (Å²) < 4.78 is 24.2. The van der Waals surface area contributed by atoms with Crippen molar-refractivity contribution in [1.82, 2.24) is 0 Å². The van der Waals surface area contributed by atoms with Gasteiger partial charge in [-0.15, -0.1) is 11.3 Å². The van der Waals surface area contributed by atoms with Gasteiger partial charge in [0.15, 0.2) is 9.84 Å². The van der Waals surface area contributed by atoms with E-state index in [0.29, 0.717) is 5.00 Å². The van der Waals surface area contributed by atoms with Gasteiger partial charge in [-0.25, -0.2) is 13.2 Å². The lowest BCUT2D eigenvalue weighted by molar-refractivity contribution is 0.202. The van der Waals surface area contributed by atoms with Crippen LogP contribution in [0, 0.1) is 0 Å². The number of anilines is 1. The molecule has 106 valence electrons. The number of benzene rings is 1. The first kappa shape index (κ1) is 14.5. The van der Waals surface area contributed by atoms with Crippen LogP contribution in [0.15, 0.2) is 52.7 Å². The maximum Gasteiger partial charge on any atom is 0.412 e. The fourth-order valence-electron chi connectivity index (χ4n) is 1.68. The average molecular weight is 311 g/mol. The number of hydrogen-bond acceptors (Lipinski definition) is 4. The van der Waals surface area contributed by atoms with Gasteiger partial charge in [0, 0.05) is 6.54 Å². The van der Waals surface area contributed by atoms with Gasteiger partial charge in [0.1, 0.15) is 5.00 Å². The Morgan fingerprint density at radius 2 is 1.85 bits per heavy atom. The smallest absolute Gasteiger partial charge is 0.412 e. The number of sulfone groups is 1. The fourth-order valence-corrected chi connectivity index (χ4v) is 3.66. The molecule has 0 aliphatic heterocycles. The van der Waals surface area contributed by atoms with Crippen LogP contribution in [-0.4, -0.2) is 31.9 Å². The van der Waals surface area contributed by atoms with E-state index in [1.54, 1.807) is 35.7 Å². The second-order valence-electron chi connectivity index (χ2n) is 4.02. The molecular weight excluding hydrogens is 298 g/mol. The molecule has 1 aromatic heterocycles.